The second kappa shape index (κ2) is 7.85. The molecule has 6 heteroatoms. The fraction of sp³-hybridized carbons (Fsp3) is 0.412. The molecule has 0 spiro atoms. The van der Waals surface area contributed by atoms with Crippen molar-refractivity contribution < 1.29 is 23.5 Å². The Balaban J connectivity index is 2.05. The van der Waals surface area contributed by atoms with Crippen LogP contribution in [-0.4, -0.2) is 28.4 Å². The molecule has 0 bridgehead atoms. The van der Waals surface area contributed by atoms with Gasteiger partial charge in [0.2, 0.25) is 5.91 Å². The molecule has 1 atom stereocenters. The van der Waals surface area contributed by atoms with Crippen molar-refractivity contribution in [1.82, 2.24) is 4.90 Å². The van der Waals surface area contributed by atoms with E-state index in [2.05, 4.69) is 0 Å². The number of carbonyl (C=O) groups is 2. The number of rotatable bonds is 7. The lowest BCUT2D eigenvalue weighted by molar-refractivity contribution is -0.138. The van der Waals surface area contributed by atoms with Gasteiger partial charge in [-0.1, -0.05) is 18.2 Å². The Bertz CT molecular complexity index is 616. The van der Waals surface area contributed by atoms with E-state index in [0.717, 1.165) is 25.0 Å². The molecule has 1 aliphatic carbocycles. The SMILES string of the molecule is O=C(O)CCN(Cc1ccc(F)c(F)c1)C(=O)CC1C=CCC1. The first-order valence-electron chi connectivity index (χ1n) is 7.56. The normalized spacial score (nSPS) is 16.5. The van der Waals surface area contributed by atoms with E-state index >= 15 is 0 Å². The summed E-state index contributed by atoms with van der Waals surface area (Å²) in [7, 11) is 0. The first-order chi connectivity index (χ1) is 11.0. The fourth-order valence-corrected chi connectivity index (χ4v) is 2.60. The predicted molar refractivity (Wildman–Crippen MR) is 80.5 cm³/mol. The van der Waals surface area contributed by atoms with E-state index in [1.165, 1.54) is 11.0 Å². The Kier molecular flexibility index (Phi) is 5.84. The third-order valence-electron chi connectivity index (χ3n) is 3.85. The Morgan fingerprint density at radius 1 is 1.26 bits per heavy atom. The lowest BCUT2D eigenvalue weighted by atomic mass is 10.0. The van der Waals surface area contributed by atoms with Crippen LogP contribution in [0.5, 0.6) is 0 Å². The van der Waals surface area contributed by atoms with Crippen LogP contribution in [0.25, 0.3) is 0 Å². The van der Waals surface area contributed by atoms with Crippen molar-refractivity contribution in [3.8, 4) is 0 Å². The van der Waals surface area contributed by atoms with Gasteiger partial charge in [-0.3, -0.25) is 9.59 Å². The van der Waals surface area contributed by atoms with Crippen molar-refractivity contribution in [3.05, 3.63) is 47.5 Å². The highest BCUT2D eigenvalue weighted by atomic mass is 19.2. The number of amides is 1. The van der Waals surface area contributed by atoms with Crippen LogP contribution in [0.4, 0.5) is 8.78 Å². The maximum atomic E-state index is 13.3. The van der Waals surface area contributed by atoms with Crippen molar-refractivity contribution in [1.29, 1.82) is 0 Å². The molecule has 0 aromatic heterocycles. The third-order valence-corrected chi connectivity index (χ3v) is 3.85. The Morgan fingerprint density at radius 2 is 2.04 bits per heavy atom. The zero-order valence-corrected chi connectivity index (χ0v) is 12.7. The molecule has 0 aliphatic heterocycles. The molecular weight excluding hydrogens is 304 g/mol. The molecule has 124 valence electrons. The Labute approximate surface area is 133 Å². The van der Waals surface area contributed by atoms with Crippen molar-refractivity contribution in [2.75, 3.05) is 6.54 Å². The quantitative estimate of drug-likeness (QED) is 0.784. The van der Waals surface area contributed by atoms with E-state index in [0.29, 0.717) is 12.0 Å². The van der Waals surface area contributed by atoms with Crippen LogP contribution in [0.2, 0.25) is 0 Å². The summed E-state index contributed by atoms with van der Waals surface area (Å²) in [6.07, 6.45) is 5.98. The molecule has 1 aliphatic rings. The number of carbonyl (C=O) groups excluding carboxylic acids is 1. The molecule has 1 aromatic carbocycles. The van der Waals surface area contributed by atoms with Gasteiger partial charge < -0.3 is 10.0 Å². The molecular formula is C17H19F2NO3. The number of carboxylic acid groups (broad SMARTS) is 1. The summed E-state index contributed by atoms with van der Waals surface area (Å²) < 4.78 is 26.3. The van der Waals surface area contributed by atoms with Crippen LogP contribution < -0.4 is 0 Å². The lowest BCUT2D eigenvalue weighted by Crippen LogP contribution is -2.33. The van der Waals surface area contributed by atoms with E-state index in [-0.39, 0.29) is 31.3 Å². The molecule has 1 N–H and O–H groups in total. The molecule has 1 amide bonds. The van der Waals surface area contributed by atoms with Gasteiger partial charge in [0.05, 0.1) is 6.42 Å². The van der Waals surface area contributed by atoms with Gasteiger partial charge in [0.15, 0.2) is 11.6 Å². The van der Waals surface area contributed by atoms with E-state index < -0.39 is 17.6 Å². The summed E-state index contributed by atoms with van der Waals surface area (Å²) in [4.78, 5) is 24.6. The van der Waals surface area contributed by atoms with Gasteiger partial charge in [-0.25, -0.2) is 8.78 Å². The van der Waals surface area contributed by atoms with Crippen LogP contribution in [0.15, 0.2) is 30.4 Å². The molecule has 0 fully saturated rings. The maximum absolute atomic E-state index is 13.3. The molecule has 1 aromatic rings. The summed E-state index contributed by atoms with van der Waals surface area (Å²) in [6.45, 7) is 0.114. The number of allylic oxidation sites excluding steroid dienone is 2. The molecule has 0 heterocycles. The number of hydrogen-bond donors (Lipinski definition) is 1. The summed E-state index contributed by atoms with van der Waals surface area (Å²) in [5.74, 6) is -2.94. The highest BCUT2D eigenvalue weighted by Crippen LogP contribution is 2.22. The van der Waals surface area contributed by atoms with Gasteiger partial charge in [0.25, 0.3) is 0 Å². The summed E-state index contributed by atoms with van der Waals surface area (Å²) in [6, 6.07) is 3.44. The number of hydrogen-bond acceptors (Lipinski definition) is 2. The second-order valence-corrected chi connectivity index (χ2v) is 5.68. The molecule has 0 saturated heterocycles. The van der Waals surface area contributed by atoms with Crippen LogP contribution in [0.3, 0.4) is 0 Å². The van der Waals surface area contributed by atoms with Crippen molar-refractivity contribution >= 4 is 11.9 Å². The van der Waals surface area contributed by atoms with Crippen molar-refractivity contribution in [2.24, 2.45) is 5.92 Å². The number of halogens is 2. The number of nitrogens with zero attached hydrogens (tertiary/aromatic N) is 1. The van der Waals surface area contributed by atoms with Crippen LogP contribution in [-0.2, 0) is 16.1 Å². The van der Waals surface area contributed by atoms with E-state index in [4.69, 9.17) is 5.11 Å². The van der Waals surface area contributed by atoms with Crippen molar-refractivity contribution in [3.63, 3.8) is 0 Å². The van der Waals surface area contributed by atoms with Gasteiger partial charge in [-0.05, 0) is 36.5 Å². The maximum Gasteiger partial charge on any atom is 0.305 e. The molecule has 1 unspecified atom stereocenters. The minimum atomic E-state index is -1.01. The summed E-state index contributed by atoms with van der Waals surface area (Å²) in [5.41, 5.74) is 0.435. The van der Waals surface area contributed by atoms with E-state index in [1.807, 2.05) is 12.2 Å². The average molecular weight is 323 g/mol. The van der Waals surface area contributed by atoms with E-state index in [9.17, 15) is 18.4 Å². The number of benzene rings is 1. The third kappa shape index (κ3) is 5.16. The van der Waals surface area contributed by atoms with E-state index in [1.54, 1.807) is 0 Å². The first kappa shape index (κ1) is 17.1. The molecule has 4 nitrogen and oxygen atoms in total. The van der Waals surface area contributed by atoms with Crippen LogP contribution in [0.1, 0.15) is 31.2 Å². The van der Waals surface area contributed by atoms with Gasteiger partial charge in [-0.15, -0.1) is 0 Å². The number of aliphatic carboxylic acids is 1. The molecule has 0 saturated carbocycles. The Hall–Kier alpha value is -2.24. The van der Waals surface area contributed by atoms with Gasteiger partial charge in [0.1, 0.15) is 0 Å². The Morgan fingerprint density at radius 3 is 2.65 bits per heavy atom. The summed E-state index contributed by atoms with van der Waals surface area (Å²) >= 11 is 0. The minimum Gasteiger partial charge on any atom is -0.481 e. The predicted octanol–water partition coefficient (Wildman–Crippen LogP) is 3.12. The van der Waals surface area contributed by atoms with Gasteiger partial charge in [-0.2, -0.15) is 0 Å². The smallest absolute Gasteiger partial charge is 0.305 e. The van der Waals surface area contributed by atoms with Crippen LogP contribution in [0, 0.1) is 17.6 Å². The highest BCUT2D eigenvalue weighted by molar-refractivity contribution is 5.77. The topological polar surface area (TPSA) is 57.6 Å². The van der Waals surface area contributed by atoms with Crippen LogP contribution >= 0.6 is 0 Å². The van der Waals surface area contributed by atoms with Gasteiger partial charge in [0, 0.05) is 19.5 Å². The second-order valence-electron chi connectivity index (χ2n) is 5.68. The number of carboxylic acids is 1. The molecule has 2 rings (SSSR count). The first-order valence-corrected chi connectivity index (χ1v) is 7.56. The zero-order valence-electron chi connectivity index (χ0n) is 12.7. The highest BCUT2D eigenvalue weighted by Gasteiger charge is 2.20. The standard InChI is InChI=1S/C17H19F2NO3/c18-14-6-5-13(9-15(14)19)11-20(8-7-17(22)23)16(21)10-12-3-1-2-4-12/h1,3,5-6,9,12H,2,4,7-8,10-11H2,(H,22,23). The van der Waals surface area contributed by atoms with Gasteiger partial charge >= 0.3 is 5.97 Å². The summed E-state index contributed by atoms with van der Waals surface area (Å²) in [5, 5.41) is 8.82. The molecule has 23 heavy (non-hydrogen) atoms. The molecule has 0 radical (unpaired) electrons. The largest absolute Gasteiger partial charge is 0.481 e. The monoisotopic (exact) mass is 323 g/mol. The van der Waals surface area contributed by atoms with Crippen molar-refractivity contribution in [2.45, 2.75) is 32.2 Å². The average Bonchev–Trinajstić information content (AvgIpc) is 2.99. The fourth-order valence-electron chi connectivity index (χ4n) is 2.60. The minimum absolute atomic E-state index is 0.0452. The zero-order chi connectivity index (χ0) is 16.8. The lowest BCUT2D eigenvalue weighted by Gasteiger charge is -2.23.